The average Bonchev–Trinajstić information content (AvgIpc) is 0.722. The summed E-state index contributed by atoms with van der Waals surface area (Å²) in [4.78, 5) is 0. The van der Waals surface area contributed by atoms with E-state index in [1.807, 2.05) is 0 Å². The summed E-state index contributed by atoms with van der Waals surface area (Å²) in [5, 5.41) is 0. The summed E-state index contributed by atoms with van der Waals surface area (Å²) in [6, 6.07) is 0. The minimum absolute atomic E-state index is 0. The molecular formula is F4YZr. The minimum Gasteiger partial charge on any atom is 0 e. The van der Waals surface area contributed by atoms with Crippen LogP contribution in [-0.4, -0.2) is 0 Å². The fourth-order valence-corrected chi connectivity index (χ4v) is 0. The zero-order valence-electron chi connectivity index (χ0n) is 2.59. The second-order valence-electron chi connectivity index (χ2n) is 0.429. The molecule has 0 aliphatic heterocycles. The molecule has 0 aromatic heterocycles. The first-order chi connectivity index (χ1) is 2.00. The van der Waals surface area contributed by atoms with Crippen molar-refractivity contribution in [1.29, 1.82) is 0 Å². The number of rotatable bonds is 0. The van der Waals surface area contributed by atoms with Gasteiger partial charge in [0.2, 0.25) is 0 Å². The molecule has 0 saturated heterocycles. The summed E-state index contributed by atoms with van der Waals surface area (Å²) in [7, 11) is 0. The Bertz CT molecular complexity index is 23.0. The van der Waals surface area contributed by atoms with Crippen LogP contribution >= 0.6 is 0 Å². The molecule has 0 aromatic carbocycles. The Morgan fingerprint density at radius 3 is 0.833 bits per heavy atom. The van der Waals surface area contributed by atoms with Gasteiger partial charge in [0, 0.05) is 32.7 Å². The third-order valence-electron chi connectivity index (χ3n) is 0. The van der Waals surface area contributed by atoms with Crippen LogP contribution in [0, 0.1) is 0 Å². The molecule has 0 fully saturated rings. The van der Waals surface area contributed by atoms with E-state index >= 15 is 0 Å². The van der Waals surface area contributed by atoms with Crippen LogP contribution in [0.25, 0.3) is 0 Å². The van der Waals surface area contributed by atoms with E-state index in [4.69, 9.17) is 0 Å². The van der Waals surface area contributed by atoms with Crippen molar-refractivity contribution in [2.45, 2.75) is 0 Å². The van der Waals surface area contributed by atoms with Gasteiger partial charge < -0.3 is 0 Å². The Labute approximate surface area is 65.1 Å². The summed E-state index contributed by atoms with van der Waals surface area (Å²) in [5.74, 6) is 0. The molecule has 0 bridgehead atoms. The fourth-order valence-electron chi connectivity index (χ4n) is 0. The van der Waals surface area contributed by atoms with Crippen LogP contribution in [0.5, 0.6) is 0 Å². The Kier molecular flexibility index (Phi) is 6.52. The first kappa shape index (κ1) is 10.6. The van der Waals surface area contributed by atoms with Crippen LogP contribution in [0.2, 0.25) is 0 Å². The summed E-state index contributed by atoms with van der Waals surface area (Å²) in [6.45, 7) is 0. The number of hydrogen-bond acceptors (Lipinski definition) is 0. The van der Waals surface area contributed by atoms with E-state index in [0.717, 1.165) is 0 Å². The molecule has 0 aliphatic rings. The van der Waals surface area contributed by atoms with Gasteiger partial charge in [-0.15, -0.1) is 0 Å². The Morgan fingerprint density at radius 2 is 0.833 bits per heavy atom. The molecule has 0 saturated carbocycles. The van der Waals surface area contributed by atoms with Crippen molar-refractivity contribution in [3.8, 4) is 0 Å². The van der Waals surface area contributed by atoms with Gasteiger partial charge in [0.05, 0.1) is 0 Å². The van der Waals surface area contributed by atoms with Crippen LogP contribution in [0.4, 0.5) is 10.5 Å². The maximum Gasteiger partial charge on any atom is 0 e. The first-order valence-electron chi connectivity index (χ1n) is 0.756. The standard InChI is InChI=1S/4FH.Y.Zr/h4*1H;;/q;;;;;+4/p-4. The predicted octanol–water partition coefficient (Wildman–Crippen LogP) is 1.68. The Balaban J connectivity index is 0. The molecule has 1 radical (unpaired) electrons. The van der Waals surface area contributed by atoms with Gasteiger partial charge in [-0.2, -0.15) is 0 Å². The molecule has 0 nitrogen and oxygen atoms in total. The van der Waals surface area contributed by atoms with Crippen LogP contribution in [0.3, 0.4) is 0 Å². The smallest absolute Gasteiger partial charge is 0 e. The van der Waals surface area contributed by atoms with Crippen LogP contribution in [0.1, 0.15) is 0 Å². The van der Waals surface area contributed by atoms with Crippen LogP contribution in [-0.2, 0) is 55.4 Å². The SMILES string of the molecule is [F][Zr]([F])([F])[F].[Y]. The molecule has 6 heavy (non-hydrogen) atoms. The van der Waals surface area contributed by atoms with E-state index in [9.17, 15) is 10.5 Å². The van der Waals surface area contributed by atoms with E-state index in [1.165, 1.54) is 0 Å². The summed E-state index contributed by atoms with van der Waals surface area (Å²) in [5.41, 5.74) is 0. The largest absolute Gasteiger partial charge is 0 e. The quantitative estimate of drug-likeness (QED) is 0.578. The molecule has 0 aromatic rings. The van der Waals surface area contributed by atoms with Gasteiger partial charge in [-0.1, -0.05) is 0 Å². The maximum atomic E-state index is 9.90. The maximum absolute atomic E-state index is 9.90. The fraction of sp³-hybridized carbons (Fsp3) is 0. The summed E-state index contributed by atoms with van der Waals surface area (Å²) >= 11 is -7.18. The van der Waals surface area contributed by atoms with E-state index in [1.54, 1.807) is 0 Å². The monoisotopic (exact) mass is 255 g/mol. The average molecular weight is 256 g/mol. The van der Waals surface area contributed by atoms with Gasteiger partial charge in [0.15, 0.2) is 0 Å². The third kappa shape index (κ3) is 43.4. The molecule has 0 atom stereocenters. The van der Waals surface area contributed by atoms with Crippen molar-refractivity contribution in [1.82, 2.24) is 0 Å². The molecule has 35 valence electrons. The first-order valence-corrected chi connectivity index (χ1v) is 4.47. The van der Waals surface area contributed by atoms with Crippen molar-refractivity contribution in [3.63, 3.8) is 0 Å². The van der Waals surface area contributed by atoms with Crippen molar-refractivity contribution in [3.05, 3.63) is 0 Å². The van der Waals surface area contributed by atoms with Crippen LogP contribution in [0.15, 0.2) is 0 Å². The molecule has 6 heteroatoms. The Hall–Kier alpha value is 1.71. The third-order valence-corrected chi connectivity index (χ3v) is 0. The van der Waals surface area contributed by atoms with Gasteiger partial charge in [-0.3, -0.25) is 0 Å². The van der Waals surface area contributed by atoms with Gasteiger partial charge >= 0.3 is 33.2 Å². The van der Waals surface area contributed by atoms with Gasteiger partial charge in [-0.25, -0.2) is 0 Å². The molecular weight excluding hydrogens is 256 g/mol. The molecule has 0 unspecified atom stereocenters. The van der Waals surface area contributed by atoms with E-state index in [0.29, 0.717) is 0 Å². The molecule has 0 amide bonds. The zero-order valence-corrected chi connectivity index (χ0v) is 7.89. The predicted molar refractivity (Wildman–Crippen MR) is 4.43 cm³/mol. The van der Waals surface area contributed by atoms with Gasteiger partial charge in [-0.05, 0) is 0 Å². The zero-order chi connectivity index (χ0) is 4.50. The second kappa shape index (κ2) is 3.68. The number of hydrogen-bond donors (Lipinski definition) is 0. The number of halogens is 4. The van der Waals surface area contributed by atoms with E-state index < -0.39 is 22.7 Å². The molecule has 0 rings (SSSR count). The molecule has 0 aliphatic carbocycles. The van der Waals surface area contributed by atoms with Crippen molar-refractivity contribution in [2.24, 2.45) is 0 Å². The summed E-state index contributed by atoms with van der Waals surface area (Å²) in [6.07, 6.45) is 0. The van der Waals surface area contributed by atoms with Crippen molar-refractivity contribution < 1.29 is 65.9 Å². The van der Waals surface area contributed by atoms with Gasteiger partial charge in [0.1, 0.15) is 0 Å². The van der Waals surface area contributed by atoms with Crippen LogP contribution < -0.4 is 0 Å². The second-order valence-corrected chi connectivity index (χ2v) is 2.54. The topological polar surface area (TPSA) is 0 Å². The van der Waals surface area contributed by atoms with Crippen molar-refractivity contribution >= 4 is 0 Å². The normalized spacial score (nSPS) is 10.0. The molecule has 0 heterocycles. The van der Waals surface area contributed by atoms with E-state index in [2.05, 4.69) is 0 Å². The molecule has 0 N–H and O–H groups in total. The van der Waals surface area contributed by atoms with E-state index in [-0.39, 0.29) is 32.7 Å². The Morgan fingerprint density at radius 1 is 0.833 bits per heavy atom. The van der Waals surface area contributed by atoms with Gasteiger partial charge in [0.25, 0.3) is 0 Å². The van der Waals surface area contributed by atoms with Crippen molar-refractivity contribution in [2.75, 3.05) is 0 Å². The summed E-state index contributed by atoms with van der Waals surface area (Å²) < 4.78 is 39.6. The molecule has 0 spiro atoms. The minimum atomic E-state index is -7.18.